The number of carbonyl (C=O) groups is 2. The molecular weight excluding hydrogens is 339 g/mol. The number of unbranched alkanes of at least 4 members (excludes halogenated alkanes) is 2. The molecule has 1 rings (SSSR count). The number of hydrogen-bond acceptors (Lipinski definition) is 4. The van der Waals surface area contributed by atoms with Crippen molar-refractivity contribution in [2.24, 2.45) is 0 Å². The zero-order chi connectivity index (χ0) is 13.4. The van der Waals surface area contributed by atoms with Crippen LogP contribution in [0, 0.1) is 0 Å². The second-order valence-electron chi connectivity index (χ2n) is 4.92. The van der Waals surface area contributed by atoms with Gasteiger partial charge in [-0.1, -0.05) is 0 Å². The zero-order valence-electron chi connectivity index (χ0n) is 11.5. The van der Waals surface area contributed by atoms with E-state index in [1.54, 1.807) is 0 Å². The van der Waals surface area contributed by atoms with Crippen molar-refractivity contribution < 1.29 is 15.7 Å². The van der Waals surface area contributed by atoms with Crippen molar-refractivity contribution in [3.05, 3.63) is 0 Å². The van der Waals surface area contributed by atoms with Crippen molar-refractivity contribution >= 4 is 31.1 Å². The van der Waals surface area contributed by atoms with Gasteiger partial charge in [-0.05, 0) is 0 Å². The van der Waals surface area contributed by atoms with Crippen LogP contribution in [0.1, 0.15) is 58.8 Å². The van der Waals surface area contributed by atoms with Gasteiger partial charge in [0, 0.05) is 0 Å². The van der Waals surface area contributed by atoms with Gasteiger partial charge in [0.05, 0.1) is 0 Å². The van der Waals surface area contributed by atoms with E-state index in [1.807, 2.05) is 0 Å². The number of hydrogen-bond donors (Lipinski definition) is 0. The molecule has 0 amide bonds. The van der Waals surface area contributed by atoms with Gasteiger partial charge in [0.2, 0.25) is 0 Å². The standard InChI is InChI=1S/C5H8O4.2C4H9.Sn/c6-4(7)2-1-3-5(8)9;2*1-3-4-2;/h1-3H2,(H,6,7)(H,8,9);2*1,3-4H2,2H3;/q;;;+2/p-2. The molecule has 0 unspecified atom stereocenters. The molecule has 0 bridgehead atoms. The molecule has 1 fully saturated rings. The fourth-order valence-electron chi connectivity index (χ4n) is 2.14. The van der Waals surface area contributed by atoms with Crippen molar-refractivity contribution in [3.8, 4) is 0 Å². The molecule has 18 heavy (non-hydrogen) atoms. The van der Waals surface area contributed by atoms with Crippen molar-refractivity contribution in [1.82, 2.24) is 0 Å². The summed E-state index contributed by atoms with van der Waals surface area (Å²) >= 11 is -3.47. The van der Waals surface area contributed by atoms with Gasteiger partial charge in [0.1, 0.15) is 0 Å². The summed E-state index contributed by atoms with van der Waals surface area (Å²) in [4.78, 5) is 23.4. The summed E-state index contributed by atoms with van der Waals surface area (Å²) in [6, 6.07) is 0. The Morgan fingerprint density at radius 2 is 1.39 bits per heavy atom. The maximum atomic E-state index is 11.7. The molecule has 0 aromatic heterocycles. The minimum absolute atomic E-state index is 0.148. The molecule has 0 N–H and O–H groups in total. The van der Waals surface area contributed by atoms with E-state index in [-0.39, 0.29) is 11.9 Å². The minimum atomic E-state index is -3.47. The summed E-state index contributed by atoms with van der Waals surface area (Å²) in [5, 5.41) is 0. The van der Waals surface area contributed by atoms with Crippen LogP contribution in [0.2, 0.25) is 8.87 Å². The Labute approximate surface area is 114 Å². The molecule has 104 valence electrons. The quantitative estimate of drug-likeness (QED) is 0.680. The summed E-state index contributed by atoms with van der Waals surface area (Å²) in [6.07, 6.45) is 5.35. The first kappa shape index (κ1) is 15.8. The third kappa shape index (κ3) is 5.16. The first-order chi connectivity index (χ1) is 8.62. The van der Waals surface area contributed by atoms with Gasteiger partial charge in [-0.3, -0.25) is 0 Å². The van der Waals surface area contributed by atoms with Crippen LogP contribution in [0.4, 0.5) is 0 Å². The Bertz CT molecular complexity index is 263. The van der Waals surface area contributed by atoms with Crippen LogP contribution >= 0.6 is 0 Å². The van der Waals surface area contributed by atoms with Crippen molar-refractivity contribution in [2.75, 3.05) is 0 Å². The van der Waals surface area contributed by atoms with Crippen LogP contribution in [0.15, 0.2) is 0 Å². The van der Waals surface area contributed by atoms with Crippen molar-refractivity contribution in [3.63, 3.8) is 0 Å². The fourth-order valence-corrected chi connectivity index (χ4v) is 12.2. The molecule has 1 saturated heterocycles. The Morgan fingerprint density at radius 1 is 0.944 bits per heavy atom. The van der Waals surface area contributed by atoms with Gasteiger partial charge in [-0.25, -0.2) is 0 Å². The van der Waals surface area contributed by atoms with E-state index >= 15 is 0 Å². The average molecular weight is 363 g/mol. The topological polar surface area (TPSA) is 52.6 Å². The third-order valence-electron chi connectivity index (χ3n) is 3.18. The molecule has 0 aromatic rings. The number of carbonyl (C=O) groups excluding carboxylic acids is 2. The van der Waals surface area contributed by atoms with E-state index < -0.39 is 19.2 Å². The fraction of sp³-hybridized carbons (Fsp3) is 0.846. The molecule has 0 aromatic carbocycles. The van der Waals surface area contributed by atoms with Gasteiger partial charge in [-0.15, -0.1) is 0 Å². The van der Waals surface area contributed by atoms with Crippen molar-refractivity contribution in [1.29, 1.82) is 0 Å². The second kappa shape index (κ2) is 8.02. The summed E-state index contributed by atoms with van der Waals surface area (Å²) in [7, 11) is 0. The van der Waals surface area contributed by atoms with Gasteiger partial charge in [0.25, 0.3) is 0 Å². The van der Waals surface area contributed by atoms with Gasteiger partial charge < -0.3 is 0 Å². The Kier molecular flexibility index (Phi) is 7.04. The monoisotopic (exact) mass is 364 g/mol. The Balaban J connectivity index is 2.78. The van der Waals surface area contributed by atoms with Crippen LogP contribution in [0.3, 0.4) is 0 Å². The summed E-state index contributed by atoms with van der Waals surface area (Å²) in [5.41, 5.74) is 0. The molecule has 0 atom stereocenters. The first-order valence-electron chi connectivity index (χ1n) is 7.05. The van der Waals surface area contributed by atoms with Crippen LogP contribution in [0.5, 0.6) is 0 Å². The summed E-state index contributed by atoms with van der Waals surface area (Å²) in [5.74, 6) is -0.295. The maximum absolute atomic E-state index is 11.7. The first-order valence-corrected chi connectivity index (χ1v) is 13.4. The SMILES string of the molecule is CCC[CH2][Sn]1([CH2]CCC)[O]C(=O)CCCC(=O)[O]1. The van der Waals surface area contributed by atoms with Crippen molar-refractivity contribution in [2.45, 2.75) is 67.7 Å². The number of rotatable bonds is 6. The molecule has 4 nitrogen and oxygen atoms in total. The van der Waals surface area contributed by atoms with Crippen LogP contribution in [-0.2, 0) is 15.7 Å². The average Bonchev–Trinajstić information content (AvgIpc) is 2.32. The van der Waals surface area contributed by atoms with E-state index in [4.69, 9.17) is 6.15 Å². The molecule has 5 heteroatoms. The Morgan fingerprint density at radius 3 is 1.78 bits per heavy atom. The second-order valence-corrected chi connectivity index (χ2v) is 14.1. The van der Waals surface area contributed by atoms with Gasteiger partial charge in [0.15, 0.2) is 0 Å². The molecule has 1 aliphatic rings. The molecule has 0 aliphatic carbocycles. The molecule has 1 aliphatic heterocycles. The van der Waals surface area contributed by atoms with E-state index in [9.17, 15) is 9.59 Å². The van der Waals surface area contributed by atoms with Gasteiger partial charge in [-0.2, -0.15) is 0 Å². The molecule has 0 spiro atoms. The summed E-state index contributed by atoms with van der Waals surface area (Å²) < 4.78 is 13.0. The predicted octanol–water partition coefficient (Wildman–Crippen LogP) is 3.30. The Hall–Kier alpha value is -0.261. The molecule has 1 heterocycles. The summed E-state index contributed by atoms with van der Waals surface area (Å²) in [6.45, 7) is 4.21. The van der Waals surface area contributed by atoms with E-state index in [0.717, 1.165) is 34.6 Å². The normalized spacial score (nSPS) is 19.7. The predicted molar refractivity (Wildman–Crippen MR) is 71.2 cm³/mol. The van der Waals surface area contributed by atoms with Crippen LogP contribution in [-0.4, -0.2) is 31.1 Å². The van der Waals surface area contributed by atoms with Gasteiger partial charge >= 0.3 is 115 Å². The molecule has 0 saturated carbocycles. The van der Waals surface area contributed by atoms with E-state index in [1.165, 1.54) is 0 Å². The van der Waals surface area contributed by atoms with Crippen LogP contribution in [0.25, 0.3) is 0 Å². The third-order valence-corrected chi connectivity index (χ3v) is 13.0. The van der Waals surface area contributed by atoms with Crippen LogP contribution < -0.4 is 0 Å². The molecule has 0 radical (unpaired) electrons. The molecular formula is C13H24O4Sn. The zero-order valence-corrected chi connectivity index (χ0v) is 14.4. The van der Waals surface area contributed by atoms with E-state index in [0.29, 0.717) is 19.3 Å². The van der Waals surface area contributed by atoms with E-state index in [2.05, 4.69) is 13.8 Å².